The van der Waals surface area contributed by atoms with E-state index in [0.717, 1.165) is 44.3 Å². The molecule has 0 amide bonds. The molecule has 2 fully saturated rings. The van der Waals surface area contributed by atoms with Gasteiger partial charge in [0.15, 0.2) is 5.82 Å². The van der Waals surface area contributed by atoms with Crippen LogP contribution in [0.5, 0.6) is 0 Å². The fourth-order valence-electron chi connectivity index (χ4n) is 2.44. The minimum absolute atomic E-state index is 0.0670. The lowest BCUT2D eigenvalue weighted by atomic mass is 9.86. The van der Waals surface area contributed by atoms with Crippen LogP contribution in [0.1, 0.15) is 63.1 Å². The summed E-state index contributed by atoms with van der Waals surface area (Å²) in [6, 6.07) is 0. The van der Waals surface area contributed by atoms with E-state index in [-0.39, 0.29) is 17.4 Å². The Kier molecular flexibility index (Phi) is 2.28. The predicted molar refractivity (Wildman–Crippen MR) is 58.1 cm³/mol. The van der Waals surface area contributed by atoms with Crippen molar-refractivity contribution in [3.05, 3.63) is 11.7 Å². The normalized spacial score (nSPS) is 32.6. The fraction of sp³-hybridized carbons (Fsp3) is 0.833. The van der Waals surface area contributed by atoms with Crippen molar-refractivity contribution in [2.75, 3.05) is 0 Å². The molecule has 2 atom stereocenters. The summed E-state index contributed by atoms with van der Waals surface area (Å²) in [5.41, 5.74) is 0.154. The molecule has 4 heteroatoms. The van der Waals surface area contributed by atoms with Crippen molar-refractivity contribution < 1.29 is 9.63 Å². The summed E-state index contributed by atoms with van der Waals surface area (Å²) in [4.78, 5) is 4.48. The van der Waals surface area contributed by atoms with Crippen LogP contribution in [0, 0.1) is 0 Å². The monoisotopic (exact) mass is 222 g/mol. The Hall–Kier alpha value is -0.900. The average molecular weight is 222 g/mol. The van der Waals surface area contributed by atoms with Crippen LogP contribution in [0.4, 0.5) is 0 Å². The standard InChI is InChI=1S/C12H18N2O2/c1-12(6-7-12)11-13-10(16-14-11)8-4-2-3-5-9(8)15/h8-9,15H,2-7H2,1H3. The highest BCUT2D eigenvalue weighted by molar-refractivity contribution is 5.15. The number of hydrogen-bond acceptors (Lipinski definition) is 4. The highest BCUT2D eigenvalue weighted by Gasteiger charge is 2.44. The summed E-state index contributed by atoms with van der Waals surface area (Å²) >= 11 is 0. The highest BCUT2D eigenvalue weighted by atomic mass is 16.5. The van der Waals surface area contributed by atoms with Crippen molar-refractivity contribution in [2.45, 2.75) is 62.9 Å². The molecule has 2 saturated carbocycles. The number of hydrogen-bond donors (Lipinski definition) is 1. The van der Waals surface area contributed by atoms with E-state index >= 15 is 0 Å². The van der Waals surface area contributed by atoms with Crippen molar-refractivity contribution in [2.24, 2.45) is 0 Å². The molecule has 0 spiro atoms. The second-order valence-corrected chi connectivity index (χ2v) is 5.48. The van der Waals surface area contributed by atoms with E-state index in [1.165, 1.54) is 0 Å². The molecule has 1 heterocycles. The summed E-state index contributed by atoms with van der Waals surface area (Å²) in [7, 11) is 0. The van der Waals surface area contributed by atoms with Crippen molar-refractivity contribution in [1.82, 2.24) is 10.1 Å². The van der Waals surface area contributed by atoms with Gasteiger partial charge in [0.1, 0.15) is 0 Å². The van der Waals surface area contributed by atoms with Crippen LogP contribution in [0.2, 0.25) is 0 Å². The zero-order valence-electron chi connectivity index (χ0n) is 9.65. The zero-order chi connectivity index (χ0) is 11.2. The Labute approximate surface area is 95.0 Å². The van der Waals surface area contributed by atoms with Gasteiger partial charge in [-0.3, -0.25) is 0 Å². The van der Waals surface area contributed by atoms with Crippen LogP contribution < -0.4 is 0 Å². The van der Waals surface area contributed by atoms with Crippen LogP contribution in [-0.2, 0) is 5.41 Å². The van der Waals surface area contributed by atoms with Crippen LogP contribution in [0.25, 0.3) is 0 Å². The second kappa shape index (κ2) is 3.55. The van der Waals surface area contributed by atoms with E-state index in [1.54, 1.807) is 0 Å². The maximum Gasteiger partial charge on any atom is 0.232 e. The van der Waals surface area contributed by atoms with E-state index in [1.807, 2.05) is 0 Å². The molecular weight excluding hydrogens is 204 g/mol. The molecule has 16 heavy (non-hydrogen) atoms. The van der Waals surface area contributed by atoms with Crippen LogP contribution >= 0.6 is 0 Å². The molecule has 0 aromatic carbocycles. The third-order valence-electron chi connectivity index (χ3n) is 4.03. The number of rotatable bonds is 2. The molecule has 3 rings (SSSR count). The first-order chi connectivity index (χ1) is 7.69. The smallest absolute Gasteiger partial charge is 0.232 e. The largest absolute Gasteiger partial charge is 0.392 e. The summed E-state index contributed by atoms with van der Waals surface area (Å²) < 4.78 is 5.32. The lowest BCUT2D eigenvalue weighted by Gasteiger charge is -2.24. The summed E-state index contributed by atoms with van der Waals surface area (Å²) in [6.07, 6.45) is 6.10. The molecule has 2 aliphatic rings. The maximum atomic E-state index is 9.92. The zero-order valence-corrected chi connectivity index (χ0v) is 9.65. The van der Waals surface area contributed by atoms with Gasteiger partial charge in [-0.05, 0) is 25.7 Å². The summed E-state index contributed by atoms with van der Waals surface area (Å²) in [6.45, 7) is 2.17. The van der Waals surface area contributed by atoms with Crippen LogP contribution in [0.3, 0.4) is 0 Å². The van der Waals surface area contributed by atoms with Gasteiger partial charge < -0.3 is 9.63 Å². The number of aromatic nitrogens is 2. The van der Waals surface area contributed by atoms with Gasteiger partial charge >= 0.3 is 0 Å². The molecular formula is C12H18N2O2. The third kappa shape index (κ3) is 1.65. The Morgan fingerprint density at radius 3 is 2.75 bits per heavy atom. The topological polar surface area (TPSA) is 59.2 Å². The van der Waals surface area contributed by atoms with E-state index in [4.69, 9.17) is 4.52 Å². The minimum atomic E-state index is -0.297. The maximum absolute atomic E-state index is 9.92. The van der Waals surface area contributed by atoms with Gasteiger partial charge in [0, 0.05) is 5.41 Å². The van der Waals surface area contributed by atoms with Crippen molar-refractivity contribution in [1.29, 1.82) is 0 Å². The first kappa shape index (κ1) is 10.3. The number of aliphatic hydroxyl groups excluding tert-OH is 1. The van der Waals surface area contributed by atoms with Crippen LogP contribution in [-0.4, -0.2) is 21.4 Å². The molecule has 1 N–H and O–H groups in total. The van der Waals surface area contributed by atoms with Gasteiger partial charge in [0.05, 0.1) is 12.0 Å². The second-order valence-electron chi connectivity index (χ2n) is 5.48. The minimum Gasteiger partial charge on any atom is -0.392 e. The Balaban J connectivity index is 1.80. The van der Waals surface area contributed by atoms with Gasteiger partial charge in [0.2, 0.25) is 5.89 Å². The van der Waals surface area contributed by atoms with Gasteiger partial charge in [-0.15, -0.1) is 0 Å². The summed E-state index contributed by atoms with van der Waals surface area (Å²) in [5, 5.41) is 14.0. The SMILES string of the molecule is CC1(c2noc(C3CCCCC3O)n2)CC1. The average Bonchev–Trinajstić information content (AvgIpc) is 2.84. The van der Waals surface area contributed by atoms with Crippen LogP contribution in [0.15, 0.2) is 4.52 Å². The van der Waals surface area contributed by atoms with E-state index in [9.17, 15) is 5.11 Å². The molecule has 1 aromatic rings. The first-order valence-corrected chi connectivity index (χ1v) is 6.21. The Bertz CT molecular complexity index is 384. The third-order valence-corrected chi connectivity index (χ3v) is 4.03. The molecule has 0 aliphatic heterocycles. The molecule has 88 valence electrons. The molecule has 0 saturated heterocycles. The Morgan fingerprint density at radius 2 is 2.06 bits per heavy atom. The highest BCUT2D eigenvalue weighted by Crippen LogP contribution is 2.46. The van der Waals surface area contributed by atoms with Gasteiger partial charge in [-0.2, -0.15) is 4.98 Å². The van der Waals surface area contributed by atoms with Crippen molar-refractivity contribution >= 4 is 0 Å². The van der Waals surface area contributed by atoms with Gasteiger partial charge in [0.25, 0.3) is 0 Å². The quantitative estimate of drug-likeness (QED) is 0.832. The van der Waals surface area contributed by atoms with E-state index in [0.29, 0.717) is 5.89 Å². The molecule has 2 aliphatic carbocycles. The van der Waals surface area contributed by atoms with Crippen molar-refractivity contribution in [3.63, 3.8) is 0 Å². The summed E-state index contributed by atoms with van der Waals surface area (Å²) in [5.74, 6) is 1.55. The number of aliphatic hydroxyl groups is 1. The predicted octanol–water partition coefficient (Wildman–Crippen LogP) is 2.14. The van der Waals surface area contributed by atoms with Crippen molar-refractivity contribution in [3.8, 4) is 0 Å². The molecule has 2 unspecified atom stereocenters. The van der Waals surface area contributed by atoms with E-state index < -0.39 is 0 Å². The van der Waals surface area contributed by atoms with Gasteiger partial charge in [-0.1, -0.05) is 24.9 Å². The Morgan fingerprint density at radius 1 is 1.31 bits per heavy atom. The first-order valence-electron chi connectivity index (χ1n) is 6.21. The number of nitrogens with zero attached hydrogens (tertiary/aromatic N) is 2. The lowest BCUT2D eigenvalue weighted by Crippen LogP contribution is -2.22. The van der Waals surface area contributed by atoms with Gasteiger partial charge in [-0.25, -0.2) is 0 Å². The van der Waals surface area contributed by atoms with E-state index in [2.05, 4.69) is 17.1 Å². The molecule has 0 radical (unpaired) electrons. The molecule has 0 bridgehead atoms. The molecule has 1 aromatic heterocycles. The lowest BCUT2D eigenvalue weighted by molar-refractivity contribution is 0.0908. The fourth-order valence-corrected chi connectivity index (χ4v) is 2.44. The molecule has 4 nitrogen and oxygen atoms in total.